The predicted molar refractivity (Wildman–Crippen MR) is 104 cm³/mol. The zero-order valence-electron chi connectivity index (χ0n) is 15.9. The van der Waals surface area contributed by atoms with Gasteiger partial charge in [-0.1, -0.05) is 30.3 Å². The number of anilines is 1. The number of nitrogens with one attached hydrogen (secondary N) is 3. The molecular weight excluding hydrogens is 326 g/mol. The molecule has 0 bridgehead atoms. The van der Waals surface area contributed by atoms with Crippen LogP contribution in [0.3, 0.4) is 0 Å². The van der Waals surface area contributed by atoms with Crippen LogP contribution < -0.4 is 15.5 Å². The van der Waals surface area contributed by atoms with E-state index < -0.39 is 0 Å². The molecule has 3 N–H and O–H groups in total. The summed E-state index contributed by atoms with van der Waals surface area (Å²) < 4.78 is 0. The summed E-state index contributed by atoms with van der Waals surface area (Å²) in [6, 6.07) is 16.9. The van der Waals surface area contributed by atoms with Crippen molar-refractivity contribution in [2.24, 2.45) is 0 Å². The minimum absolute atomic E-state index is 0.0360. The van der Waals surface area contributed by atoms with E-state index in [1.165, 1.54) is 0 Å². The van der Waals surface area contributed by atoms with Crippen molar-refractivity contribution in [2.45, 2.75) is 32.9 Å². The number of likely N-dealkylation sites (N-methyl/N-ethyl adjacent to an activating group) is 1. The zero-order chi connectivity index (χ0) is 19.2. The van der Waals surface area contributed by atoms with Gasteiger partial charge in [0.25, 0.3) is 11.8 Å². The van der Waals surface area contributed by atoms with Crippen LogP contribution in [0.5, 0.6) is 0 Å². The van der Waals surface area contributed by atoms with E-state index >= 15 is 0 Å². The molecule has 2 aromatic carbocycles. The second kappa shape index (κ2) is 8.63. The second-order valence-electron chi connectivity index (χ2n) is 7.63. The highest BCUT2D eigenvalue weighted by molar-refractivity contribution is 6.04. The van der Waals surface area contributed by atoms with Gasteiger partial charge in [-0.15, -0.1) is 0 Å². The van der Waals surface area contributed by atoms with Crippen molar-refractivity contribution >= 4 is 17.5 Å². The maximum Gasteiger partial charge on any atom is 0.275 e. The fourth-order valence-electron chi connectivity index (χ4n) is 2.65. The van der Waals surface area contributed by atoms with Crippen molar-refractivity contribution in [3.05, 3.63) is 65.7 Å². The van der Waals surface area contributed by atoms with Gasteiger partial charge in [0, 0.05) is 22.4 Å². The van der Waals surface area contributed by atoms with Gasteiger partial charge in [0.15, 0.2) is 6.54 Å². The number of benzene rings is 2. The molecule has 0 aliphatic heterocycles. The van der Waals surface area contributed by atoms with E-state index in [1.807, 2.05) is 82.4 Å². The van der Waals surface area contributed by atoms with Gasteiger partial charge in [-0.3, -0.25) is 9.59 Å². The molecule has 2 rings (SSSR count). The van der Waals surface area contributed by atoms with Gasteiger partial charge in [-0.05, 0) is 45.0 Å². The van der Waals surface area contributed by atoms with E-state index in [0.717, 1.165) is 22.7 Å². The van der Waals surface area contributed by atoms with E-state index in [-0.39, 0.29) is 17.4 Å². The second-order valence-corrected chi connectivity index (χ2v) is 7.63. The summed E-state index contributed by atoms with van der Waals surface area (Å²) in [4.78, 5) is 25.3. The van der Waals surface area contributed by atoms with Gasteiger partial charge < -0.3 is 15.5 Å². The average Bonchev–Trinajstić information content (AvgIpc) is 2.54. The van der Waals surface area contributed by atoms with Crippen LogP contribution in [0.1, 0.15) is 36.7 Å². The summed E-state index contributed by atoms with van der Waals surface area (Å²) in [5, 5.41) is 5.84. The molecule has 0 aliphatic rings. The van der Waals surface area contributed by atoms with Gasteiger partial charge in [-0.2, -0.15) is 0 Å². The third kappa shape index (κ3) is 6.69. The molecule has 0 aromatic heterocycles. The number of carbonyl (C=O) groups is 2. The van der Waals surface area contributed by atoms with E-state index in [9.17, 15) is 9.59 Å². The lowest BCUT2D eigenvalue weighted by Gasteiger charge is -2.22. The van der Waals surface area contributed by atoms with Crippen LogP contribution in [0.15, 0.2) is 54.6 Å². The lowest BCUT2D eigenvalue weighted by atomic mass is 10.1. The van der Waals surface area contributed by atoms with Crippen molar-refractivity contribution in [1.29, 1.82) is 0 Å². The summed E-state index contributed by atoms with van der Waals surface area (Å²) >= 11 is 0. The van der Waals surface area contributed by atoms with Crippen LogP contribution in [0.4, 0.5) is 5.69 Å². The van der Waals surface area contributed by atoms with Gasteiger partial charge in [-0.25, -0.2) is 0 Å². The Balaban J connectivity index is 1.88. The predicted octanol–water partition coefficient (Wildman–Crippen LogP) is 1.87. The largest absolute Gasteiger partial charge is 0.347 e. The standard InChI is InChI=1S/C21H27N3O2/c1-21(2,3)23-19(25)15-24(4)14-16-10-12-17(13-11-16)20(26)22-18-8-6-5-7-9-18/h5-13H,14-15H2,1-4H3,(H,22,26)(H,23,25)/p+1. The zero-order valence-corrected chi connectivity index (χ0v) is 15.9. The molecule has 0 heterocycles. The van der Waals surface area contributed by atoms with E-state index in [0.29, 0.717) is 12.1 Å². The van der Waals surface area contributed by atoms with Crippen LogP contribution in [-0.2, 0) is 11.3 Å². The number of rotatable bonds is 6. The van der Waals surface area contributed by atoms with Crippen LogP contribution in [-0.4, -0.2) is 30.9 Å². The Morgan fingerprint density at radius 2 is 1.58 bits per heavy atom. The van der Waals surface area contributed by atoms with Gasteiger partial charge in [0.1, 0.15) is 6.54 Å². The van der Waals surface area contributed by atoms with Crippen molar-refractivity contribution in [2.75, 3.05) is 18.9 Å². The molecule has 138 valence electrons. The number of hydrogen-bond acceptors (Lipinski definition) is 2. The van der Waals surface area contributed by atoms with Crippen molar-refractivity contribution in [1.82, 2.24) is 5.32 Å². The summed E-state index contributed by atoms with van der Waals surface area (Å²) in [5.74, 6) is -0.0955. The highest BCUT2D eigenvalue weighted by atomic mass is 16.2. The maximum atomic E-state index is 12.3. The van der Waals surface area contributed by atoms with Gasteiger partial charge in [0.2, 0.25) is 0 Å². The highest BCUT2D eigenvalue weighted by Crippen LogP contribution is 2.09. The van der Waals surface area contributed by atoms with Gasteiger partial charge in [0.05, 0.1) is 7.05 Å². The molecule has 0 saturated carbocycles. The summed E-state index contributed by atoms with van der Waals surface area (Å²) in [5.41, 5.74) is 2.25. The van der Waals surface area contributed by atoms with Crippen LogP contribution >= 0.6 is 0 Å². The fraction of sp³-hybridized carbons (Fsp3) is 0.333. The monoisotopic (exact) mass is 354 g/mol. The lowest BCUT2D eigenvalue weighted by molar-refractivity contribution is -0.885. The third-order valence-corrected chi connectivity index (χ3v) is 3.73. The maximum absolute atomic E-state index is 12.3. The van der Waals surface area contributed by atoms with Crippen molar-refractivity contribution in [3.8, 4) is 0 Å². The van der Waals surface area contributed by atoms with E-state index in [1.54, 1.807) is 0 Å². The molecule has 26 heavy (non-hydrogen) atoms. The first-order chi connectivity index (χ1) is 12.2. The first-order valence-corrected chi connectivity index (χ1v) is 8.80. The highest BCUT2D eigenvalue weighted by Gasteiger charge is 2.17. The topological polar surface area (TPSA) is 62.6 Å². The molecule has 2 aromatic rings. The molecule has 0 spiro atoms. The Labute approximate surface area is 155 Å². The van der Waals surface area contributed by atoms with Crippen LogP contribution in [0, 0.1) is 0 Å². The molecule has 0 aliphatic carbocycles. The minimum atomic E-state index is -0.217. The number of quaternary nitrogens is 1. The number of hydrogen-bond donors (Lipinski definition) is 3. The summed E-state index contributed by atoms with van der Waals surface area (Å²) in [7, 11) is 1.98. The Bertz CT molecular complexity index is 734. The van der Waals surface area contributed by atoms with Crippen LogP contribution in [0.25, 0.3) is 0 Å². The molecule has 1 unspecified atom stereocenters. The minimum Gasteiger partial charge on any atom is -0.347 e. The summed E-state index contributed by atoms with van der Waals surface area (Å²) in [6.45, 7) is 7.05. The van der Waals surface area contributed by atoms with Crippen molar-refractivity contribution < 1.29 is 14.5 Å². The summed E-state index contributed by atoms with van der Waals surface area (Å²) in [6.07, 6.45) is 0. The third-order valence-electron chi connectivity index (χ3n) is 3.73. The Morgan fingerprint density at radius 3 is 2.15 bits per heavy atom. The Morgan fingerprint density at radius 1 is 0.962 bits per heavy atom. The number of para-hydroxylation sites is 1. The number of amides is 2. The fourth-order valence-corrected chi connectivity index (χ4v) is 2.65. The molecule has 2 amide bonds. The lowest BCUT2D eigenvalue weighted by Crippen LogP contribution is -3.09. The molecule has 0 saturated heterocycles. The molecule has 0 fully saturated rings. The van der Waals surface area contributed by atoms with Gasteiger partial charge >= 0.3 is 0 Å². The quantitative estimate of drug-likeness (QED) is 0.742. The van der Waals surface area contributed by atoms with E-state index in [4.69, 9.17) is 0 Å². The first kappa shape index (κ1) is 19.7. The Hall–Kier alpha value is -2.66. The smallest absolute Gasteiger partial charge is 0.275 e. The van der Waals surface area contributed by atoms with E-state index in [2.05, 4.69) is 10.6 Å². The number of carbonyl (C=O) groups excluding carboxylic acids is 2. The SMILES string of the molecule is C[NH+](CC(=O)NC(C)(C)C)Cc1ccc(C(=O)Nc2ccccc2)cc1. The molecule has 1 atom stereocenters. The average molecular weight is 354 g/mol. The van der Waals surface area contributed by atoms with Crippen molar-refractivity contribution in [3.63, 3.8) is 0 Å². The molecule has 5 heteroatoms. The molecule has 0 radical (unpaired) electrons. The van der Waals surface area contributed by atoms with Crippen LogP contribution in [0.2, 0.25) is 0 Å². The Kier molecular flexibility index (Phi) is 6.52. The normalized spacial score (nSPS) is 12.3. The first-order valence-electron chi connectivity index (χ1n) is 8.80. The molecular formula is C21H28N3O2+. The molecule has 5 nitrogen and oxygen atoms in total.